The first-order valence-corrected chi connectivity index (χ1v) is 6.48. The molecule has 0 saturated carbocycles. The zero-order chi connectivity index (χ0) is 15.1. The summed E-state index contributed by atoms with van der Waals surface area (Å²) in [6.45, 7) is 2.86. The van der Waals surface area contributed by atoms with Crippen LogP contribution in [0.2, 0.25) is 0 Å². The van der Waals surface area contributed by atoms with Gasteiger partial charge in [0.05, 0.1) is 12.1 Å². The predicted molar refractivity (Wildman–Crippen MR) is 38.3 cm³/mol. The van der Waals surface area contributed by atoms with Gasteiger partial charge in [0.25, 0.3) is 0 Å². The first-order chi connectivity index (χ1) is 7.50. The van der Waals surface area contributed by atoms with Gasteiger partial charge in [0.2, 0.25) is 0 Å². The fourth-order valence-corrected chi connectivity index (χ4v) is 0. The molecule has 0 unspecified atom stereocenters. The average Bonchev–Trinajstić information content (AvgIpc) is 2.03. The fraction of sp³-hybridized carbons (Fsp3) is 0.500. The second kappa shape index (κ2) is 16.7. The molecular weight excluding hydrogens is 423 g/mol. The van der Waals surface area contributed by atoms with E-state index in [0.29, 0.717) is 0 Å². The Labute approximate surface area is 99.2 Å². The molecule has 0 aliphatic rings. The Balaban J connectivity index is -0.0000000726. The Morgan fingerprint density at radius 2 is 1.18 bits per heavy atom. The van der Waals surface area contributed by atoms with Crippen LogP contribution in [0.25, 0.3) is 0 Å². The van der Waals surface area contributed by atoms with Gasteiger partial charge in [0.1, 0.15) is 0 Å². The van der Waals surface area contributed by atoms with E-state index in [0.717, 1.165) is 0 Å². The van der Waals surface area contributed by atoms with Crippen molar-refractivity contribution in [3.63, 3.8) is 0 Å². The second-order valence-electron chi connectivity index (χ2n) is 1.44. The van der Waals surface area contributed by atoms with Crippen molar-refractivity contribution in [1.82, 2.24) is 0 Å². The number of halogens is 3. The van der Waals surface area contributed by atoms with Crippen molar-refractivity contribution >= 4 is 5.97 Å². The van der Waals surface area contributed by atoms with Gasteiger partial charge in [-0.2, -0.15) is 23.7 Å². The van der Waals surface area contributed by atoms with Crippen LogP contribution in [0, 0.1) is 22.7 Å². The molecule has 0 heterocycles. The SMILES string of the molecule is CC#N.CC#N.O=C(O)C(F)(F)F.[O]=[Re](=[O])=[O]. The van der Waals surface area contributed by atoms with Crippen LogP contribution in [0.3, 0.4) is 0 Å². The van der Waals surface area contributed by atoms with Crippen LogP contribution in [0.1, 0.15) is 13.8 Å². The Hall–Kier alpha value is -1.70. The third-order valence-electron chi connectivity index (χ3n) is 0.243. The molecule has 0 aromatic carbocycles. The van der Waals surface area contributed by atoms with Gasteiger partial charge in [0.15, 0.2) is 0 Å². The summed E-state index contributed by atoms with van der Waals surface area (Å²) in [5.41, 5.74) is 0. The van der Waals surface area contributed by atoms with Crippen LogP contribution < -0.4 is 0 Å². The molecule has 0 aromatic heterocycles. The van der Waals surface area contributed by atoms with Crippen molar-refractivity contribution in [3.8, 4) is 12.1 Å². The summed E-state index contributed by atoms with van der Waals surface area (Å²) in [5, 5.41) is 21.8. The molecule has 0 aliphatic heterocycles. The summed E-state index contributed by atoms with van der Waals surface area (Å²) in [5.74, 6) is -2.76. The zero-order valence-electron chi connectivity index (χ0n) is 8.49. The molecule has 0 rings (SSSR count). The first-order valence-electron chi connectivity index (χ1n) is 3.15. The van der Waals surface area contributed by atoms with E-state index in [1.54, 1.807) is 12.1 Å². The number of hydrogen-bond donors (Lipinski definition) is 1. The van der Waals surface area contributed by atoms with E-state index in [2.05, 4.69) is 0 Å². The van der Waals surface area contributed by atoms with Crippen molar-refractivity contribution < 1.29 is 50.1 Å². The number of aliphatic carboxylic acids is 1. The molecule has 99 valence electrons. The van der Waals surface area contributed by atoms with Crippen LogP contribution in [0.5, 0.6) is 0 Å². The summed E-state index contributed by atoms with van der Waals surface area (Å²) in [7, 11) is 0. The third kappa shape index (κ3) is 117. The average molecular weight is 430 g/mol. The number of hydrogen-bond acceptors (Lipinski definition) is 6. The number of carboxylic acid groups (broad SMARTS) is 1. The molecule has 1 N–H and O–H groups in total. The first kappa shape index (κ1) is 24.5. The molecule has 0 saturated heterocycles. The Morgan fingerprint density at radius 1 is 1.12 bits per heavy atom. The molecule has 0 atom stereocenters. The molecule has 0 spiro atoms. The molecule has 0 aromatic rings. The number of carboxylic acids is 1. The van der Waals surface area contributed by atoms with Crippen molar-refractivity contribution in [2.45, 2.75) is 20.0 Å². The topological polar surface area (TPSA) is 136 Å². The molecule has 0 radical (unpaired) electrons. The van der Waals surface area contributed by atoms with Gasteiger partial charge in [-0.15, -0.1) is 0 Å². The summed E-state index contributed by atoms with van der Waals surface area (Å²) >= 11 is -4.21. The normalized spacial score (nSPS) is 7.00. The van der Waals surface area contributed by atoms with Gasteiger partial charge in [0, 0.05) is 13.8 Å². The van der Waals surface area contributed by atoms with E-state index in [1.165, 1.54) is 13.8 Å². The molecule has 0 aliphatic carbocycles. The maximum atomic E-state index is 10.6. The number of nitriles is 2. The number of alkyl halides is 3. The van der Waals surface area contributed by atoms with Crippen molar-refractivity contribution in [2.75, 3.05) is 0 Å². The van der Waals surface area contributed by atoms with E-state index in [-0.39, 0.29) is 0 Å². The van der Waals surface area contributed by atoms with Gasteiger partial charge in [-0.3, -0.25) is 0 Å². The standard InChI is InChI=1S/C2HF3O2.2C2H3N.3O.Re/c3-2(4,5)1(6)7;2*1-2-3;;;;/h(H,6,7);2*1H3;;;;. The number of nitrogens with zero attached hydrogens (tertiary/aromatic N) is 2. The van der Waals surface area contributed by atoms with Gasteiger partial charge < -0.3 is 5.11 Å². The van der Waals surface area contributed by atoms with Crippen molar-refractivity contribution in [2.24, 2.45) is 0 Å². The van der Waals surface area contributed by atoms with E-state index in [4.69, 9.17) is 30.8 Å². The van der Waals surface area contributed by atoms with Crippen LogP contribution in [-0.2, 0) is 31.8 Å². The molecule has 7 nitrogen and oxygen atoms in total. The maximum absolute atomic E-state index is 10.6. The summed E-state index contributed by atoms with van der Waals surface area (Å²) in [6.07, 6.45) is -5.08. The minimum absolute atomic E-state index is 1.43. The van der Waals surface area contributed by atoms with E-state index >= 15 is 0 Å². The van der Waals surface area contributed by atoms with Crippen LogP contribution in [0.4, 0.5) is 13.2 Å². The quantitative estimate of drug-likeness (QED) is 0.612. The zero-order valence-corrected chi connectivity index (χ0v) is 11.2. The summed E-state index contributed by atoms with van der Waals surface area (Å²) < 4.78 is 57.5. The van der Waals surface area contributed by atoms with E-state index < -0.39 is 28.8 Å². The van der Waals surface area contributed by atoms with Crippen molar-refractivity contribution in [1.29, 1.82) is 10.5 Å². The van der Waals surface area contributed by atoms with Crippen LogP contribution in [-0.4, -0.2) is 17.3 Å². The summed E-state index contributed by atoms with van der Waals surface area (Å²) in [4.78, 5) is 8.90. The monoisotopic (exact) mass is 431 g/mol. The number of rotatable bonds is 0. The molecular formula is C6H7F3N2O5Re. The van der Waals surface area contributed by atoms with E-state index in [9.17, 15) is 13.2 Å². The summed E-state index contributed by atoms with van der Waals surface area (Å²) in [6, 6.07) is 3.50. The van der Waals surface area contributed by atoms with Crippen molar-refractivity contribution in [3.05, 3.63) is 0 Å². The third-order valence-corrected chi connectivity index (χ3v) is 0.243. The Kier molecular flexibility index (Phi) is 24.1. The van der Waals surface area contributed by atoms with Gasteiger partial charge >= 0.3 is 39.2 Å². The Morgan fingerprint density at radius 3 is 1.18 bits per heavy atom. The molecule has 11 heteroatoms. The van der Waals surface area contributed by atoms with Crippen LogP contribution in [0.15, 0.2) is 0 Å². The van der Waals surface area contributed by atoms with Crippen LogP contribution >= 0.6 is 0 Å². The second-order valence-corrected chi connectivity index (χ2v) is 2.80. The fourth-order valence-electron chi connectivity index (χ4n) is 0. The van der Waals surface area contributed by atoms with E-state index in [1.807, 2.05) is 0 Å². The van der Waals surface area contributed by atoms with Gasteiger partial charge in [-0.1, -0.05) is 0 Å². The number of carbonyl (C=O) groups is 1. The molecule has 17 heavy (non-hydrogen) atoms. The Bertz CT molecular complexity index is 356. The van der Waals surface area contributed by atoms with Gasteiger partial charge in [-0.25, -0.2) is 4.79 Å². The van der Waals surface area contributed by atoms with Gasteiger partial charge in [-0.05, 0) is 0 Å². The molecule has 0 fully saturated rings. The molecule has 0 amide bonds. The molecule has 0 bridgehead atoms. The minimum atomic E-state index is -5.08. The predicted octanol–water partition coefficient (Wildman–Crippen LogP) is 1.33.